The Balaban J connectivity index is 2.46. The molecule has 0 aliphatic heterocycles. The van der Waals surface area contributed by atoms with Crippen LogP contribution in [0.4, 0.5) is 24.5 Å². The highest BCUT2D eigenvalue weighted by molar-refractivity contribution is 7.89. The second-order valence-corrected chi connectivity index (χ2v) is 10.2. The van der Waals surface area contributed by atoms with Crippen molar-refractivity contribution < 1.29 is 21.6 Å². The van der Waals surface area contributed by atoms with Gasteiger partial charge in [-0.05, 0) is 64.3 Å². The van der Waals surface area contributed by atoms with Crippen molar-refractivity contribution in [1.29, 1.82) is 0 Å². The zero-order valence-electron chi connectivity index (χ0n) is 16.7. The van der Waals surface area contributed by atoms with Gasteiger partial charge in [0.25, 0.3) is 0 Å². The van der Waals surface area contributed by atoms with Crippen molar-refractivity contribution in [2.24, 2.45) is 0 Å². The van der Waals surface area contributed by atoms with Gasteiger partial charge in [-0.15, -0.1) is 0 Å². The summed E-state index contributed by atoms with van der Waals surface area (Å²) in [6.45, 7) is 3.48. The first kappa shape index (κ1) is 24.7. The van der Waals surface area contributed by atoms with Crippen LogP contribution in [0.25, 0.3) is 0 Å². The number of hydrogen-bond acceptors (Lipinski definition) is 4. The normalized spacial score (nSPS) is 13.0. The van der Waals surface area contributed by atoms with Crippen LogP contribution in [0.2, 0.25) is 10.0 Å². The molecule has 2 rings (SSSR count). The highest BCUT2D eigenvalue weighted by Crippen LogP contribution is 2.37. The lowest BCUT2D eigenvalue weighted by Crippen LogP contribution is -2.50. The van der Waals surface area contributed by atoms with E-state index in [1.807, 2.05) is 0 Å². The van der Waals surface area contributed by atoms with Crippen LogP contribution in [-0.4, -0.2) is 39.5 Å². The highest BCUT2D eigenvalue weighted by atomic mass is 35.5. The van der Waals surface area contributed by atoms with Crippen molar-refractivity contribution in [3.8, 4) is 0 Å². The maximum atomic E-state index is 13.7. The van der Waals surface area contributed by atoms with Crippen LogP contribution in [-0.2, 0) is 16.2 Å². The minimum absolute atomic E-state index is 0.0260. The van der Waals surface area contributed by atoms with Crippen LogP contribution in [0, 0.1) is 0 Å². The van der Waals surface area contributed by atoms with Crippen molar-refractivity contribution in [3.63, 3.8) is 0 Å². The Morgan fingerprint density at radius 2 is 1.67 bits per heavy atom. The average Bonchev–Trinajstić information content (AvgIpc) is 2.54. The molecule has 2 aromatic rings. The number of anilines is 2. The summed E-state index contributed by atoms with van der Waals surface area (Å²) in [5.41, 5.74) is -1.92. The van der Waals surface area contributed by atoms with Gasteiger partial charge >= 0.3 is 6.18 Å². The van der Waals surface area contributed by atoms with E-state index in [9.17, 15) is 21.6 Å². The SMILES string of the molecule is CN(C)CC(C)(C)NS(=O)(=O)c1ccc(Nc2ccc(Cl)cc2Cl)cc1C(F)(F)F. The number of halogens is 5. The fourth-order valence-corrected chi connectivity index (χ4v) is 5.12. The van der Waals surface area contributed by atoms with Crippen molar-refractivity contribution in [1.82, 2.24) is 9.62 Å². The molecule has 0 saturated heterocycles. The fraction of sp³-hybridized carbons (Fsp3) is 0.368. The number of alkyl halides is 3. The summed E-state index contributed by atoms with van der Waals surface area (Å²) in [6, 6.07) is 7.37. The summed E-state index contributed by atoms with van der Waals surface area (Å²) in [5, 5.41) is 3.33. The Bertz CT molecular complexity index is 1030. The van der Waals surface area contributed by atoms with E-state index in [1.54, 1.807) is 32.8 Å². The van der Waals surface area contributed by atoms with Crippen molar-refractivity contribution in [2.45, 2.75) is 30.5 Å². The number of hydrogen-bond donors (Lipinski definition) is 2. The molecule has 0 unspecified atom stereocenters. The van der Waals surface area contributed by atoms with Gasteiger partial charge in [-0.25, -0.2) is 13.1 Å². The van der Waals surface area contributed by atoms with Gasteiger partial charge < -0.3 is 10.2 Å². The first-order valence-corrected chi connectivity index (χ1v) is 11.0. The molecule has 30 heavy (non-hydrogen) atoms. The standard InChI is InChI=1S/C19H22Cl2F3N3O2S/c1-18(2,11-27(3)4)26-30(28,29)17-8-6-13(10-14(17)19(22,23)24)25-16-7-5-12(20)9-15(16)21/h5-10,25-26H,11H2,1-4H3. The van der Waals surface area contributed by atoms with Gasteiger partial charge in [-0.1, -0.05) is 23.2 Å². The number of likely N-dealkylation sites (N-methyl/N-ethyl adjacent to an activating group) is 1. The molecule has 0 atom stereocenters. The molecule has 0 spiro atoms. The van der Waals surface area contributed by atoms with Gasteiger partial charge in [-0.2, -0.15) is 13.2 Å². The van der Waals surface area contributed by atoms with E-state index >= 15 is 0 Å². The van der Waals surface area contributed by atoms with E-state index in [1.165, 1.54) is 24.3 Å². The topological polar surface area (TPSA) is 61.4 Å². The minimum atomic E-state index is -4.89. The Morgan fingerprint density at radius 1 is 1.03 bits per heavy atom. The minimum Gasteiger partial charge on any atom is -0.354 e. The van der Waals surface area contributed by atoms with Gasteiger partial charge in [0, 0.05) is 22.8 Å². The maximum absolute atomic E-state index is 13.7. The van der Waals surface area contributed by atoms with Crippen LogP contribution >= 0.6 is 23.2 Å². The van der Waals surface area contributed by atoms with Crippen LogP contribution in [0.3, 0.4) is 0 Å². The fourth-order valence-electron chi connectivity index (χ4n) is 3.05. The maximum Gasteiger partial charge on any atom is 0.417 e. The Hall–Kier alpha value is -1.52. The third-order valence-electron chi connectivity index (χ3n) is 3.91. The number of nitrogens with zero attached hydrogens (tertiary/aromatic N) is 1. The molecular weight excluding hydrogens is 462 g/mol. The molecule has 0 aliphatic rings. The van der Waals surface area contributed by atoms with E-state index in [2.05, 4.69) is 10.0 Å². The van der Waals surface area contributed by atoms with E-state index in [0.29, 0.717) is 17.3 Å². The molecule has 0 aliphatic carbocycles. The molecule has 0 aromatic heterocycles. The molecular formula is C19H22Cl2F3N3O2S. The molecule has 5 nitrogen and oxygen atoms in total. The number of benzene rings is 2. The summed E-state index contributed by atoms with van der Waals surface area (Å²) >= 11 is 11.9. The monoisotopic (exact) mass is 483 g/mol. The molecule has 0 radical (unpaired) electrons. The zero-order chi connectivity index (χ0) is 22.9. The summed E-state index contributed by atoms with van der Waals surface area (Å²) < 4.78 is 69.0. The van der Waals surface area contributed by atoms with E-state index in [-0.39, 0.29) is 10.7 Å². The summed E-state index contributed by atoms with van der Waals surface area (Å²) in [4.78, 5) is 0.880. The first-order valence-electron chi connectivity index (χ1n) is 8.73. The summed E-state index contributed by atoms with van der Waals surface area (Å²) in [7, 11) is -0.977. The molecule has 166 valence electrons. The van der Waals surface area contributed by atoms with Crippen LogP contribution < -0.4 is 10.0 Å². The molecule has 0 amide bonds. The molecule has 2 N–H and O–H groups in total. The van der Waals surface area contributed by atoms with Gasteiger partial charge in [0.1, 0.15) is 0 Å². The predicted octanol–water partition coefficient (Wildman–Crippen LogP) is 5.37. The van der Waals surface area contributed by atoms with Gasteiger partial charge in [0.05, 0.1) is 21.2 Å². The lowest BCUT2D eigenvalue weighted by Gasteiger charge is -2.29. The number of sulfonamides is 1. The first-order chi connectivity index (χ1) is 13.6. The molecule has 2 aromatic carbocycles. The van der Waals surface area contributed by atoms with Crippen LogP contribution in [0.1, 0.15) is 19.4 Å². The Morgan fingerprint density at radius 3 is 2.20 bits per heavy atom. The Kier molecular flexibility index (Phi) is 7.36. The smallest absolute Gasteiger partial charge is 0.354 e. The molecule has 0 heterocycles. The third-order valence-corrected chi connectivity index (χ3v) is 6.21. The molecule has 11 heteroatoms. The van der Waals surface area contributed by atoms with E-state index in [0.717, 1.165) is 12.1 Å². The molecule has 0 fully saturated rings. The molecule has 0 saturated carbocycles. The second-order valence-electron chi connectivity index (χ2n) is 7.69. The largest absolute Gasteiger partial charge is 0.417 e. The van der Waals surface area contributed by atoms with Gasteiger partial charge in [0.15, 0.2) is 0 Å². The van der Waals surface area contributed by atoms with Crippen molar-refractivity contribution >= 4 is 44.6 Å². The number of rotatable bonds is 7. The third kappa shape index (κ3) is 6.49. The molecule has 0 bridgehead atoms. The lowest BCUT2D eigenvalue weighted by molar-refractivity contribution is -0.139. The predicted molar refractivity (Wildman–Crippen MR) is 114 cm³/mol. The summed E-state index contributed by atoms with van der Waals surface area (Å²) in [5.74, 6) is 0. The van der Waals surface area contributed by atoms with E-state index in [4.69, 9.17) is 23.2 Å². The van der Waals surface area contributed by atoms with Gasteiger partial charge in [-0.3, -0.25) is 0 Å². The van der Waals surface area contributed by atoms with E-state index < -0.39 is 32.2 Å². The van der Waals surface area contributed by atoms with Crippen LogP contribution in [0.5, 0.6) is 0 Å². The zero-order valence-corrected chi connectivity index (χ0v) is 19.1. The van der Waals surface area contributed by atoms with Crippen molar-refractivity contribution in [3.05, 3.63) is 52.0 Å². The Labute approximate surface area is 184 Å². The van der Waals surface area contributed by atoms with Gasteiger partial charge in [0.2, 0.25) is 10.0 Å². The lowest BCUT2D eigenvalue weighted by atomic mass is 10.1. The second kappa shape index (κ2) is 8.92. The summed E-state index contributed by atoms with van der Waals surface area (Å²) in [6.07, 6.45) is -4.89. The van der Waals surface area contributed by atoms with Crippen molar-refractivity contribution in [2.75, 3.05) is 26.0 Å². The van der Waals surface area contributed by atoms with Crippen LogP contribution in [0.15, 0.2) is 41.3 Å². The quantitative estimate of drug-likeness (QED) is 0.555. The average molecular weight is 484 g/mol. The highest BCUT2D eigenvalue weighted by Gasteiger charge is 2.39. The number of nitrogens with one attached hydrogen (secondary N) is 2.